The van der Waals surface area contributed by atoms with Crippen molar-refractivity contribution in [3.63, 3.8) is 0 Å². The largest absolute Gasteiger partial charge is 0.548 e. The molecule has 27 heavy (non-hydrogen) atoms. The minimum Gasteiger partial charge on any atom is -0.548 e. The fraction of sp³-hybridized carbons (Fsp3) is 0.421. The summed E-state index contributed by atoms with van der Waals surface area (Å²) in [4.78, 5) is 25.8. The molecule has 0 radical (unpaired) electrons. The van der Waals surface area contributed by atoms with E-state index in [1.54, 1.807) is 31.4 Å². The summed E-state index contributed by atoms with van der Waals surface area (Å²) in [7, 11) is 1.54. The predicted octanol–water partition coefficient (Wildman–Crippen LogP) is 2.60. The number of hydrogen-bond donors (Lipinski definition) is 0. The second-order valence-electron chi connectivity index (χ2n) is 5.87. The van der Waals surface area contributed by atoms with Gasteiger partial charge in [0.1, 0.15) is 4.32 Å². The Labute approximate surface area is 168 Å². The number of carboxylic acid groups (broad SMARTS) is 1. The van der Waals surface area contributed by atoms with Crippen molar-refractivity contribution >= 4 is 46.3 Å². The maximum Gasteiger partial charge on any atom is 0.266 e. The third kappa shape index (κ3) is 5.01. The van der Waals surface area contributed by atoms with E-state index in [1.165, 1.54) is 0 Å². The summed E-state index contributed by atoms with van der Waals surface area (Å²) in [5, 5.41) is 11.5. The van der Waals surface area contributed by atoms with Gasteiger partial charge in [0.05, 0.1) is 30.6 Å². The Balaban J connectivity index is 2.28. The Bertz CT molecular complexity index is 762. The van der Waals surface area contributed by atoms with Gasteiger partial charge >= 0.3 is 0 Å². The van der Waals surface area contributed by atoms with Crippen LogP contribution in [0.3, 0.4) is 0 Å². The van der Waals surface area contributed by atoms with Gasteiger partial charge < -0.3 is 19.4 Å². The average Bonchev–Trinajstić information content (AvgIpc) is 2.91. The number of thioether (sulfide) groups is 1. The van der Waals surface area contributed by atoms with Crippen LogP contribution < -0.4 is 14.6 Å². The monoisotopic (exact) mass is 408 g/mol. The van der Waals surface area contributed by atoms with Gasteiger partial charge in [-0.1, -0.05) is 49.8 Å². The van der Waals surface area contributed by atoms with E-state index in [2.05, 4.69) is 0 Å². The molecule has 0 saturated carbocycles. The number of benzene rings is 1. The van der Waals surface area contributed by atoms with E-state index in [9.17, 15) is 14.7 Å². The number of hydrogen-bond acceptors (Lipinski definition) is 7. The van der Waals surface area contributed by atoms with Crippen LogP contribution in [0, 0.1) is 0 Å². The van der Waals surface area contributed by atoms with E-state index < -0.39 is 17.9 Å². The van der Waals surface area contributed by atoms with Crippen molar-refractivity contribution in [1.29, 1.82) is 0 Å². The summed E-state index contributed by atoms with van der Waals surface area (Å²) in [5.74, 6) is -0.537. The molecule has 1 heterocycles. The molecule has 1 aliphatic rings. The molecule has 0 unspecified atom stereocenters. The molecule has 146 valence electrons. The summed E-state index contributed by atoms with van der Waals surface area (Å²) < 4.78 is 11.0. The van der Waals surface area contributed by atoms with Gasteiger partial charge in [-0.15, -0.1) is 0 Å². The normalized spacial score (nSPS) is 16.7. The number of carbonyl (C=O) groups is 2. The lowest BCUT2D eigenvalue weighted by Crippen LogP contribution is -2.49. The average molecular weight is 409 g/mol. The molecule has 1 aliphatic heterocycles. The van der Waals surface area contributed by atoms with E-state index >= 15 is 0 Å². The van der Waals surface area contributed by atoms with Crippen molar-refractivity contribution in [3.8, 4) is 11.5 Å². The summed E-state index contributed by atoms with van der Waals surface area (Å²) in [6.07, 6.45) is 3.48. The van der Waals surface area contributed by atoms with Gasteiger partial charge in [-0.25, -0.2) is 0 Å². The molecule has 0 aromatic heterocycles. The highest BCUT2D eigenvalue weighted by molar-refractivity contribution is 8.26. The van der Waals surface area contributed by atoms with Crippen LogP contribution in [0.15, 0.2) is 23.1 Å². The molecular weight excluding hydrogens is 386 g/mol. The zero-order valence-corrected chi connectivity index (χ0v) is 17.2. The Morgan fingerprint density at radius 1 is 1.37 bits per heavy atom. The molecule has 2 rings (SSSR count). The van der Waals surface area contributed by atoms with Crippen molar-refractivity contribution < 1.29 is 24.2 Å². The number of unbranched alkanes of at least 4 members (excludes halogenated alkanes) is 1. The first-order chi connectivity index (χ1) is 12.9. The number of carbonyl (C=O) groups excluding carboxylic acids is 2. The highest BCUT2D eigenvalue weighted by Crippen LogP contribution is 2.36. The lowest BCUT2D eigenvalue weighted by atomic mass is 10.1. The fourth-order valence-corrected chi connectivity index (χ4v) is 4.06. The van der Waals surface area contributed by atoms with Crippen LogP contribution in [0.25, 0.3) is 6.08 Å². The van der Waals surface area contributed by atoms with E-state index in [0.717, 1.165) is 28.6 Å². The van der Waals surface area contributed by atoms with E-state index in [-0.39, 0.29) is 4.32 Å². The van der Waals surface area contributed by atoms with Crippen LogP contribution >= 0.6 is 24.0 Å². The van der Waals surface area contributed by atoms with E-state index in [1.807, 2.05) is 13.8 Å². The van der Waals surface area contributed by atoms with Gasteiger partial charge in [-0.05, 0) is 37.1 Å². The molecule has 1 aromatic rings. The highest BCUT2D eigenvalue weighted by atomic mass is 32.2. The molecule has 1 aromatic carbocycles. The fourth-order valence-electron chi connectivity index (χ4n) is 2.70. The predicted molar refractivity (Wildman–Crippen MR) is 107 cm³/mol. The molecule has 0 N–H and O–H groups in total. The molecule has 1 atom stereocenters. The highest BCUT2D eigenvalue weighted by Gasteiger charge is 2.37. The minimum absolute atomic E-state index is 0.231. The molecule has 0 spiro atoms. The van der Waals surface area contributed by atoms with Crippen LogP contribution in [0.5, 0.6) is 11.5 Å². The quantitative estimate of drug-likeness (QED) is 0.459. The first-order valence-corrected chi connectivity index (χ1v) is 9.94. The zero-order valence-electron chi connectivity index (χ0n) is 15.5. The van der Waals surface area contributed by atoms with Gasteiger partial charge in [-0.2, -0.15) is 0 Å². The third-order valence-corrected chi connectivity index (χ3v) is 5.35. The van der Waals surface area contributed by atoms with E-state index in [0.29, 0.717) is 35.9 Å². The van der Waals surface area contributed by atoms with Crippen molar-refractivity contribution in [1.82, 2.24) is 4.90 Å². The number of carboxylic acids is 1. The minimum atomic E-state index is -1.29. The maximum atomic E-state index is 12.8. The third-order valence-electron chi connectivity index (χ3n) is 4.02. The van der Waals surface area contributed by atoms with Crippen molar-refractivity contribution in [2.75, 3.05) is 13.7 Å². The molecular formula is C19H22NO5S2-. The van der Waals surface area contributed by atoms with Crippen LogP contribution in [0.4, 0.5) is 0 Å². The van der Waals surface area contributed by atoms with E-state index in [4.69, 9.17) is 21.7 Å². The Morgan fingerprint density at radius 2 is 2.11 bits per heavy atom. The Kier molecular flexibility index (Phi) is 7.67. The number of thiocarbonyl (C=S) groups is 1. The summed E-state index contributed by atoms with van der Waals surface area (Å²) in [6, 6.07) is 4.27. The molecule has 1 fully saturated rings. The molecule has 0 bridgehead atoms. The molecule has 0 aliphatic carbocycles. The van der Waals surface area contributed by atoms with Crippen molar-refractivity contribution in [2.24, 2.45) is 0 Å². The van der Waals surface area contributed by atoms with Crippen molar-refractivity contribution in [3.05, 3.63) is 28.7 Å². The molecule has 8 heteroatoms. The Morgan fingerprint density at radius 3 is 2.70 bits per heavy atom. The van der Waals surface area contributed by atoms with Crippen LogP contribution in [0.1, 0.15) is 38.7 Å². The topological polar surface area (TPSA) is 78.9 Å². The maximum absolute atomic E-state index is 12.8. The molecule has 1 saturated heterocycles. The number of amides is 1. The molecule has 1 amide bonds. The first kappa shape index (κ1) is 21.2. The van der Waals surface area contributed by atoms with Crippen LogP contribution in [0.2, 0.25) is 0 Å². The SMILES string of the molecule is CCCC[C@@H](C(=O)[O-])N1C(=O)/C(=C/c2ccc(OCC)c(OC)c2)SC1=S. The number of nitrogens with zero attached hydrogens (tertiary/aromatic N) is 1. The number of aliphatic carboxylic acids is 1. The smallest absolute Gasteiger partial charge is 0.266 e. The summed E-state index contributed by atoms with van der Waals surface area (Å²) in [5.41, 5.74) is 0.731. The standard InChI is InChI=1S/C19H23NO5S2/c1-4-6-7-13(18(22)23)20-17(21)16(27-19(20)26)11-12-8-9-14(25-5-2)15(10-12)24-3/h8-11,13H,4-7H2,1-3H3,(H,22,23)/p-1/b16-11-/t13-/m0/s1. The lowest BCUT2D eigenvalue weighted by Gasteiger charge is -2.27. The van der Waals surface area contributed by atoms with Gasteiger partial charge in [0, 0.05) is 0 Å². The number of ether oxygens (including phenoxy) is 2. The first-order valence-electron chi connectivity index (χ1n) is 8.71. The summed E-state index contributed by atoms with van der Waals surface area (Å²) >= 11 is 6.34. The van der Waals surface area contributed by atoms with Gasteiger partial charge in [0.15, 0.2) is 11.5 Å². The molecule has 6 nitrogen and oxygen atoms in total. The van der Waals surface area contributed by atoms with Gasteiger partial charge in [-0.3, -0.25) is 9.69 Å². The lowest BCUT2D eigenvalue weighted by molar-refractivity contribution is -0.310. The summed E-state index contributed by atoms with van der Waals surface area (Å²) in [6.45, 7) is 4.34. The van der Waals surface area contributed by atoms with Gasteiger partial charge in [0.2, 0.25) is 0 Å². The van der Waals surface area contributed by atoms with Gasteiger partial charge in [0.25, 0.3) is 5.91 Å². The second-order valence-corrected chi connectivity index (χ2v) is 7.55. The zero-order chi connectivity index (χ0) is 20.0. The second kappa shape index (κ2) is 9.75. The van der Waals surface area contributed by atoms with Crippen molar-refractivity contribution in [2.45, 2.75) is 39.2 Å². The van der Waals surface area contributed by atoms with Crippen LogP contribution in [-0.2, 0) is 9.59 Å². The number of rotatable bonds is 9. The number of methoxy groups -OCH3 is 1. The Hall–Kier alpha value is -2.06. The van der Waals surface area contributed by atoms with Crippen LogP contribution in [-0.4, -0.2) is 40.9 Å².